The van der Waals surface area contributed by atoms with Crippen LogP contribution in [0.3, 0.4) is 0 Å². The number of hydrogen-bond acceptors (Lipinski definition) is 1. The second kappa shape index (κ2) is 14.0. The van der Waals surface area contributed by atoms with Crippen LogP contribution in [-0.4, -0.2) is 5.78 Å². The summed E-state index contributed by atoms with van der Waals surface area (Å²) < 4.78 is 0. The number of ketones is 1. The van der Waals surface area contributed by atoms with Gasteiger partial charge in [-0.3, -0.25) is 4.79 Å². The average molecular weight is 375 g/mol. The number of Topliss-reactive ketones (excluding diaryl/α,β-unsaturated/α-hetero) is 1. The van der Waals surface area contributed by atoms with Crippen molar-refractivity contribution in [3.63, 3.8) is 0 Å². The maximum Gasteiger partial charge on any atom is 0.138 e. The summed E-state index contributed by atoms with van der Waals surface area (Å²) in [4.78, 5) is 12.0. The Morgan fingerprint density at radius 1 is 0.778 bits per heavy atom. The van der Waals surface area contributed by atoms with E-state index in [0.717, 1.165) is 19.3 Å². The summed E-state index contributed by atoms with van der Waals surface area (Å²) in [5.74, 6) is 1.11. The lowest BCUT2D eigenvalue weighted by Crippen LogP contribution is -2.19. The molecule has 0 aromatic rings. The van der Waals surface area contributed by atoms with Gasteiger partial charge in [0.05, 0.1) is 0 Å². The van der Waals surface area contributed by atoms with E-state index in [4.69, 9.17) is 0 Å². The summed E-state index contributed by atoms with van der Waals surface area (Å²) >= 11 is 0. The molecular weight excluding hydrogens is 328 g/mol. The molecular formula is C26H46O. The molecule has 0 bridgehead atoms. The Hall–Kier alpha value is -1.11. The molecule has 156 valence electrons. The van der Waals surface area contributed by atoms with Gasteiger partial charge in [0, 0.05) is 11.8 Å². The van der Waals surface area contributed by atoms with Gasteiger partial charge in [-0.25, -0.2) is 0 Å². The fourth-order valence-electron chi connectivity index (χ4n) is 3.08. The van der Waals surface area contributed by atoms with Crippen molar-refractivity contribution in [2.45, 2.75) is 113 Å². The molecule has 1 unspecified atom stereocenters. The Bertz CT molecular complexity index is 507. The Morgan fingerprint density at radius 3 is 1.81 bits per heavy atom. The van der Waals surface area contributed by atoms with Crippen molar-refractivity contribution in [3.8, 4) is 0 Å². The SMILES string of the molecule is CC(C)=CCCC(C)=CCCC(C)=CCCC(C)CCCC(=O)C(C)(C)C. The molecule has 0 rings (SSSR count). The van der Waals surface area contributed by atoms with Crippen LogP contribution in [0.1, 0.15) is 113 Å². The zero-order valence-electron chi connectivity index (χ0n) is 19.6. The molecule has 0 radical (unpaired) electrons. The maximum absolute atomic E-state index is 12.0. The molecule has 0 aliphatic heterocycles. The summed E-state index contributed by atoms with van der Waals surface area (Å²) in [7, 11) is 0. The van der Waals surface area contributed by atoms with Crippen LogP contribution in [0.5, 0.6) is 0 Å². The lowest BCUT2D eigenvalue weighted by Gasteiger charge is -2.17. The second-order valence-corrected chi connectivity index (χ2v) is 9.71. The highest BCUT2D eigenvalue weighted by molar-refractivity contribution is 5.83. The highest BCUT2D eigenvalue weighted by Crippen LogP contribution is 2.21. The number of hydrogen-bond donors (Lipinski definition) is 0. The third-order valence-corrected chi connectivity index (χ3v) is 5.21. The van der Waals surface area contributed by atoms with Crippen LogP contribution in [0.25, 0.3) is 0 Å². The molecule has 0 amide bonds. The molecule has 0 aromatic heterocycles. The molecule has 1 heteroatoms. The number of carbonyl (C=O) groups is 1. The first-order valence-corrected chi connectivity index (χ1v) is 11.0. The Kier molecular flexibility index (Phi) is 13.4. The summed E-state index contributed by atoms with van der Waals surface area (Å²) in [6.07, 6.45) is 17.2. The molecule has 0 fully saturated rings. The molecule has 1 nitrogen and oxygen atoms in total. The normalized spacial score (nSPS) is 14.2. The van der Waals surface area contributed by atoms with E-state index in [0.29, 0.717) is 11.7 Å². The van der Waals surface area contributed by atoms with E-state index < -0.39 is 0 Å². The number of allylic oxidation sites excluding steroid dienone is 6. The van der Waals surface area contributed by atoms with E-state index in [1.54, 1.807) is 0 Å². The van der Waals surface area contributed by atoms with Gasteiger partial charge in [-0.15, -0.1) is 0 Å². The zero-order chi connectivity index (χ0) is 20.9. The highest BCUT2D eigenvalue weighted by atomic mass is 16.1. The van der Waals surface area contributed by atoms with Gasteiger partial charge in [0.25, 0.3) is 0 Å². The topological polar surface area (TPSA) is 17.1 Å². The first-order chi connectivity index (χ1) is 12.5. The largest absolute Gasteiger partial charge is 0.299 e. The summed E-state index contributed by atoms with van der Waals surface area (Å²) in [5, 5.41) is 0. The molecule has 0 aliphatic carbocycles. The Morgan fingerprint density at radius 2 is 1.30 bits per heavy atom. The van der Waals surface area contributed by atoms with Gasteiger partial charge in [0.15, 0.2) is 0 Å². The fourth-order valence-corrected chi connectivity index (χ4v) is 3.08. The average Bonchev–Trinajstić information content (AvgIpc) is 2.53. The molecule has 27 heavy (non-hydrogen) atoms. The van der Waals surface area contributed by atoms with E-state index in [2.05, 4.69) is 52.8 Å². The minimum absolute atomic E-state index is 0.179. The quantitative estimate of drug-likeness (QED) is 0.295. The molecule has 0 N–H and O–H groups in total. The molecule has 0 saturated heterocycles. The van der Waals surface area contributed by atoms with Gasteiger partial charge in [-0.1, -0.05) is 69.1 Å². The van der Waals surface area contributed by atoms with Gasteiger partial charge in [0.1, 0.15) is 5.78 Å². The van der Waals surface area contributed by atoms with E-state index >= 15 is 0 Å². The Balaban J connectivity index is 3.95. The number of carbonyl (C=O) groups excluding carboxylic acids is 1. The molecule has 0 spiro atoms. The molecule has 0 saturated carbocycles. The third kappa shape index (κ3) is 15.6. The van der Waals surface area contributed by atoms with Crippen LogP contribution in [0.4, 0.5) is 0 Å². The van der Waals surface area contributed by atoms with Crippen molar-refractivity contribution < 1.29 is 4.79 Å². The molecule has 0 heterocycles. The van der Waals surface area contributed by atoms with E-state index in [-0.39, 0.29) is 5.41 Å². The van der Waals surface area contributed by atoms with Gasteiger partial charge in [0.2, 0.25) is 0 Å². The number of rotatable bonds is 13. The lowest BCUT2D eigenvalue weighted by atomic mass is 9.87. The summed E-state index contributed by atoms with van der Waals surface area (Å²) in [5.41, 5.74) is 4.26. The van der Waals surface area contributed by atoms with Gasteiger partial charge >= 0.3 is 0 Å². The van der Waals surface area contributed by atoms with Crippen LogP contribution in [0, 0.1) is 11.3 Å². The van der Waals surface area contributed by atoms with E-state index in [1.165, 1.54) is 55.2 Å². The third-order valence-electron chi connectivity index (χ3n) is 5.21. The monoisotopic (exact) mass is 374 g/mol. The van der Waals surface area contributed by atoms with Crippen molar-refractivity contribution >= 4 is 5.78 Å². The van der Waals surface area contributed by atoms with Gasteiger partial charge in [-0.05, 0) is 78.6 Å². The van der Waals surface area contributed by atoms with Crippen LogP contribution < -0.4 is 0 Å². The molecule has 0 aromatic carbocycles. The van der Waals surface area contributed by atoms with Crippen molar-refractivity contribution in [1.82, 2.24) is 0 Å². The van der Waals surface area contributed by atoms with Gasteiger partial charge < -0.3 is 0 Å². The lowest BCUT2D eigenvalue weighted by molar-refractivity contribution is -0.126. The van der Waals surface area contributed by atoms with Crippen molar-refractivity contribution in [3.05, 3.63) is 34.9 Å². The minimum Gasteiger partial charge on any atom is -0.299 e. The summed E-state index contributed by atoms with van der Waals surface area (Å²) in [6, 6.07) is 0. The smallest absolute Gasteiger partial charge is 0.138 e. The van der Waals surface area contributed by atoms with Crippen molar-refractivity contribution in [1.29, 1.82) is 0 Å². The summed E-state index contributed by atoms with van der Waals surface area (Å²) in [6.45, 7) is 17.2. The molecule has 0 aliphatic rings. The van der Waals surface area contributed by atoms with Crippen LogP contribution >= 0.6 is 0 Å². The standard InChI is InChI=1S/C26H46O/c1-21(2)13-9-14-22(3)15-10-16-23(4)17-11-18-24(5)19-12-20-25(27)26(6,7)8/h13,15,17,24H,9-12,14,16,18-20H2,1-8H3. The van der Waals surface area contributed by atoms with E-state index in [1.807, 2.05) is 20.8 Å². The fraction of sp³-hybridized carbons (Fsp3) is 0.731. The molecule has 1 atom stereocenters. The van der Waals surface area contributed by atoms with Crippen molar-refractivity contribution in [2.75, 3.05) is 0 Å². The Labute approximate surface area is 170 Å². The predicted octanol–water partition coefficient (Wildman–Crippen LogP) is 8.61. The van der Waals surface area contributed by atoms with Crippen LogP contribution in [0.2, 0.25) is 0 Å². The highest BCUT2D eigenvalue weighted by Gasteiger charge is 2.20. The first kappa shape index (κ1) is 25.9. The van der Waals surface area contributed by atoms with E-state index in [9.17, 15) is 4.79 Å². The second-order valence-electron chi connectivity index (χ2n) is 9.71. The van der Waals surface area contributed by atoms with Gasteiger partial charge in [-0.2, -0.15) is 0 Å². The predicted molar refractivity (Wildman–Crippen MR) is 122 cm³/mol. The first-order valence-electron chi connectivity index (χ1n) is 11.0. The zero-order valence-corrected chi connectivity index (χ0v) is 19.6. The van der Waals surface area contributed by atoms with Crippen LogP contribution in [0.15, 0.2) is 34.9 Å². The maximum atomic E-state index is 12.0. The van der Waals surface area contributed by atoms with Crippen LogP contribution in [-0.2, 0) is 4.79 Å². The van der Waals surface area contributed by atoms with Crippen molar-refractivity contribution in [2.24, 2.45) is 11.3 Å². The minimum atomic E-state index is -0.179.